The van der Waals surface area contributed by atoms with E-state index >= 15 is 8.78 Å². The Kier molecular flexibility index (Phi) is 9.32. The highest BCUT2D eigenvalue weighted by molar-refractivity contribution is 7.90. The standard InChI is InChI=1S/C32H34F3N7O5S/c1-18-26(48(5,45)46)10-20(15-36-18)29(43)38-16-22-13-24-19(14-37-22)6-7-23(39-24)25-11-21(33)12-28(40-25)42-9-8-27(32(34,35)17-42)41-30(44)47-31(2,3)4/h6-7,10-15,27H,8-9,16-17H2,1-5H3,(H,38,43)(H,41,44). The van der Waals surface area contributed by atoms with E-state index in [2.05, 4.69) is 30.6 Å². The molecule has 1 aliphatic heterocycles. The number of ether oxygens (including phenoxy) is 1. The first-order valence-corrected chi connectivity index (χ1v) is 16.8. The Balaban J connectivity index is 1.31. The Morgan fingerprint density at radius 2 is 1.81 bits per heavy atom. The molecule has 254 valence electrons. The van der Waals surface area contributed by atoms with Crippen molar-refractivity contribution in [1.29, 1.82) is 0 Å². The second-order valence-corrected chi connectivity index (χ2v) is 14.5. The number of carbonyl (C=O) groups excluding carboxylic acids is 2. The van der Waals surface area contributed by atoms with Crippen molar-refractivity contribution in [3.63, 3.8) is 0 Å². The van der Waals surface area contributed by atoms with Crippen LogP contribution in [0.25, 0.3) is 22.3 Å². The maximum absolute atomic E-state index is 15.1. The van der Waals surface area contributed by atoms with Gasteiger partial charge in [0.25, 0.3) is 11.8 Å². The smallest absolute Gasteiger partial charge is 0.408 e. The predicted octanol–water partition coefficient (Wildman–Crippen LogP) is 4.61. The summed E-state index contributed by atoms with van der Waals surface area (Å²) in [5.41, 5.74) is 0.776. The SMILES string of the molecule is Cc1ncc(C(=O)NCc2cc3nc(-c4cc(F)cc(N5CCC(NC(=O)OC(C)(C)C)C(F)(F)C5)n4)ccc3cn2)cc1S(C)(=O)=O. The third kappa shape index (κ3) is 8.16. The second kappa shape index (κ2) is 13.0. The van der Waals surface area contributed by atoms with Crippen molar-refractivity contribution in [3.05, 3.63) is 71.6 Å². The monoisotopic (exact) mass is 685 g/mol. The molecular formula is C32H34F3N7O5S. The Hall–Kier alpha value is -4.86. The minimum atomic E-state index is -3.58. The van der Waals surface area contributed by atoms with Gasteiger partial charge in [-0.1, -0.05) is 0 Å². The number of anilines is 1. The fourth-order valence-corrected chi connectivity index (χ4v) is 6.05. The molecule has 2 amide bonds. The summed E-state index contributed by atoms with van der Waals surface area (Å²) in [5.74, 6) is -4.61. The van der Waals surface area contributed by atoms with Crippen LogP contribution >= 0.6 is 0 Å². The molecule has 0 bridgehead atoms. The molecule has 0 spiro atoms. The number of aryl methyl sites for hydroxylation is 1. The fraction of sp³-hybridized carbons (Fsp3) is 0.375. The minimum Gasteiger partial charge on any atom is -0.444 e. The van der Waals surface area contributed by atoms with E-state index in [1.54, 1.807) is 45.2 Å². The molecule has 4 aromatic rings. The summed E-state index contributed by atoms with van der Waals surface area (Å²) in [5, 5.41) is 5.57. The van der Waals surface area contributed by atoms with E-state index in [4.69, 9.17) is 4.74 Å². The summed E-state index contributed by atoms with van der Waals surface area (Å²) in [6.45, 7) is 5.69. The Labute approximate surface area is 275 Å². The van der Waals surface area contributed by atoms with Crippen LogP contribution in [0.3, 0.4) is 0 Å². The number of alkyl halides is 2. The van der Waals surface area contributed by atoms with Crippen molar-refractivity contribution >= 4 is 38.6 Å². The maximum Gasteiger partial charge on any atom is 0.408 e. The summed E-state index contributed by atoms with van der Waals surface area (Å²) >= 11 is 0. The van der Waals surface area contributed by atoms with Gasteiger partial charge in [-0.3, -0.25) is 14.8 Å². The molecule has 0 radical (unpaired) electrons. The number of alkyl carbamates (subject to hydrolysis) is 1. The molecule has 0 saturated carbocycles. The summed E-state index contributed by atoms with van der Waals surface area (Å²) in [6, 6.07) is 6.93. The number of fused-ring (bicyclic) bond motifs is 1. The largest absolute Gasteiger partial charge is 0.444 e. The average molecular weight is 686 g/mol. The van der Waals surface area contributed by atoms with Gasteiger partial charge in [-0.2, -0.15) is 0 Å². The first-order chi connectivity index (χ1) is 22.4. The average Bonchev–Trinajstić information content (AvgIpc) is 2.98. The molecular weight excluding hydrogens is 651 g/mol. The van der Waals surface area contributed by atoms with Crippen molar-refractivity contribution in [1.82, 2.24) is 30.6 Å². The molecule has 12 nitrogen and oxygen atoms in total. The first-order valence-electron chi connectivity index (χ1n) is 14.9. The molecule has 16 heteroatoms. The molecule has 5 heterocycles. The molecule has 1 fully saturated rings. The van der Waals surface area contributed by atoms with Gasteiger partial charge >= 0.3 is 6.09 Å². The fourth-order valence-electron chi connectivity index (χ4n) is 5.12. The lowest BCUT2D eigenvalue weighted by atomic mass is 10.0. The third-order valence-electron chi connectivity index (χ3n) is 7.42. The van der Waals surface area contributed by atoms with E-state index in [1.807, 2.05) is 0 Å². The van der Waals surface area contributed by atoms with Crippen LogP contribution in [-0.4, -0.2) is 77.3 Å². The van der Waals surface area contributed by atoms with E-state index in [9.17, 15) is 22.4 Å². The van der Waals surface area contributed by atoms with Crippen LogP contribution in [0.4, 0.5) is 23.8 Å². The second-order valence-electron chi connectivity index (χ2n) is 12.5. The van der Waals surface area contributed by atoms with Crippen molar-refractivity contribution in [2.45, 2.75) is 63.1 Å². The zero-order valence-corrected chi connectivity index (χ0v) is 27.7. The van der Waals surface area contributed by atoms with Gasteiger partial charge in [0.2, 0.25) is 0 Å². The Morgan fingerprint density at radius 3 is 2.50 bits per heavy atom. The van der Waals surface area contributed by atoms with Crippen LogP contribution in [-0.2, 0) is 21.1 Å². The highest BCUT2D eigenvalue weighted by Gasteiger charge is 2.46. The number of piperidine rings is 1. The first kappa shape index (κ1) is 34.5. The van der Waals surface area contributed by atoms with Crippen molar-refractivity contribution < 1.29 is 35.9 Å². The van der Waals surface area contributed by atoms with Crippen molar-refractivity contribution in [2.75, 3.05) is 24.2 Å². The summed E-state index contributed by atoms with van der Waals surface area (Å²) in [4.78, 5) is 43.5. The van der Waals surface area contributed by atoms with Gasteiger partial charge < -0.3 is 20.3 Å². The van der Waals surface area contributed by atoms with Crippen LogP contribution in [0.5, 0.6) is 0 Å². The van der Waals surface area contributed by atoms with Gasteiger partial charge in [0.1, 0.15) is 17.2 Å². The van der Waals surface area contributed by atoms with Gasteiger partial charge in [-0.25, -0.2) is 36.4 Å². The number of nitrogens with one attached hydrogen (secondary N) is 2. The van der Waals surface area contributed by atoms with E-state index < -0.39 is 51.8 Å². The molecule has 5 rings (SSSR count). The van der Waals surface area contributed by atoms with Gasteiger partial charge in [0.05, 0.1) is 57.9 Å². The number of aromatic nitrogens is 4. The zero-order valence-electron chi connectivity index (χ0n) is 26.8. The molecule has 0 aliphatic carbocycles. The zero-order chi connectivity index (χ0) is 35.0. The lowest BCUT2D eigenvalue weighted by Crippen LogP contribution is -2.59. The van der Waals surface area contributed by atoms with E-state index in [-0.39, 0.29) is 52.9 Å². The molecule has 1 atom stereocenters. The Bertz CT molecular complexity index is 2000. The number of halogens is 3. The molecule has 1 aliphatic rings. The van der Waals surface area contributed by atoms with Crippen LogP contribution in [0.1, 0.15) is 48.9 Å². The van der Waals surface area contributed by atoms with Crippen molar-refractivity contribution in [3.8, 4) is 11.4 Å². The number of nitrogens with zero attached hydrogens (tertiary/aromatic N) is 5. The van der Waals surface area contributed by atoms with E-state index in [0.29, 0.717) is 16.6 Å². The molecule has 1 unspecified atom stereocenters. The predicted molar refractivity (Wildman–Crippen MR) is 171 cm³/mol. The van der Waals surface area contributed by atoms with Gasteiger partial charge in [0.15, 0.2) is 9.84 Å². The van der Waals surface area contributed by atoms with Crippen LogP contribution in [0.15, 0.2) is 53.7 Å². The van der Waals surface area contributed by atoms with Crippen LogP contribution in [0, 0.1) is 12.7 Å². The summed E-state index contributed by atoms with van der Waals surface area (Å²) in [7, 11) is -3.58. The number of amides is 2. The van der Waals surface area contributed by atoms with Gasteiger partial charge in [0, 0.05) is 42.7 Å². The highest BCUT2D eigenvalue weighted by atomic mass is 32.2. The minimum absolute atomic E-state index is 0.00922. The molecule has 1 saturated heterocycles. The molecule has 0 aromatic carbocycles. The number of pyridine rings is 4. The molecule has 4 aromatic heterocycles. The summed E-state index contributed by atoms with van der Waals surface area (Å²) < 4.78 is 74.2. The van der Waals surface area contributed by atoms with Crippen LogP contribution in [0.2, 0.25) is 0 Å². The Morgan fingerprint density at radius 1 is 1.06 bits per heavy atom. The summed E-state index contributed by atoms with van der Waals surface area (Å²) in [6.07, 6.45) is 2.80. The van der Waals surface area contributed by atoms with Crippen molar-refractivity contribution in [2.24, 2.45) is 0 Å². The molecule has 48 heavy (non-hydrogen) atoms. The maximum atomic E-state index is 15.1. The number of hydrogen-bond acceptors (Lipinski definition) is 10. The number of rotatable bonds is 7. The number of sulfone groups is 1. The lowest BCUT2D eigenvalue weighted by Gasteiger charge is -2.39. The van der Waals surface area contributed by atoms with E-state index in [0.717, 1.165) is 18.4 Å². The number of carbonyl (C=O) groups is 2. The van der Waals surface area contributed by atoms with E-state index in [1.165, 1.54) is 24.1 Å². The normalized spacial score (nSPS) is 16.4. The quantitative estimate of drug-likeness (QED) is 0.282. The van der Waals surface area contributed by atoms with Crippen LogP contribution < -0.4 is 15.5 Å². The number of hydrogen-bond donors (Lipinski definition) is 2. The molecule has 2 N–H and O–H groups in total. The highest BCUT2D eigenvalue weighted by Crippen LogP contribution is 2.32. The van der Waals surface area contributed by atoms with Gasteiger partial charge in [-0.15, -0.1) is 0 Å². The topological polar surface area (TPSA) is 156 Å². The lowest BCUT2D eigenvalue weighted by molar-refractivity contribution is -0.0460. The van der Waals surface area contributed by atoms with Gasteiger partial charge in [-0.05, 0) is 58.4 Å². The third-order valence-corrected chi connectivity index (χ3v) is 8.63.